The van der Waals surface area contributed by atoms with Gasteiger partial charge in [0, 0.05) is 19.5 Å². The molecule has 1 aliphatic rings. The highest BCUT2D eigenvalue weighted by molar-refractivity contribution is 7.78. The number of hydrogen-bond donors (Lipinski definition) is 2. The van der Waals surface area contributed by atoms with Crippen LogP contribution >= 0.6 is 12.8 Å². The lowest BCUT2D eigenvalue weighted by Crippen LogP contribution is -2.41. The number of urea groups is 1. The van der Waals surface area contributed by atoms with Crippen molar-refractivity contribution in [3.63, 3.8) is 0 Å². The predicted molar refractivity (Wildman–Crippen MR) is 59.5 cm³/mol. The highest BCUT2D eigenvalue weighted by Crippen LogP contribution is 2.16. The smallest absolute Gasteiger partial charge is 0.330 e. The van der Waals surface area contributed by atoms with Crippen LogP contribution in [-0.4, -0.2) is 38.3 Å². The highest BCUT2D eigenvalue weighted by Gasteiger charge is 2.24. The van der Waals surface area contributed by atoms with Crippen molar-refractivity contribution in [3.8, 4) is 0 Å². The van der Waals surface area contributed by atoms with Gasteiger partial charge in [0.05, 0.1) is 24.3 Å². The maximum absolute atomic E-state index is 11.8. The summed E-state index contributed by atoms with van der Waals surface area (Å²) < 4.78 is 1.42. The molecule has 0 aromatic carbocycles. The van der Waals surface area contributed by atoms with Crippen molar-refractivity contribution in [2.45, 2.75) is 19.9 Å². The summed E-state index contributed by atoms with van der Waals surface area (Å²) in [7, 11) is 0. The topological polar surface area (TPSA) is 52.2 Å². The summed E-state index contributed by atoms with van der Waals surface area (Å²) in [6.07, 6.45) is 2.49. The second-order valence-corrected chi connectivity index (χ2v) is 3.98. The van der Waals surface area contributed by atoms with Gasteiger partial charge < -0.3 is 9.88 Å². The molecule has 1 N–H and O–H groups in total. The summed E-state index contributed by atoms with van der Waals surface area (Å²) in [4.78, 5) is 20.8. The number of thiol groups is 1. The molecule has 1 aromatic rings. The van der Waals surface area contributed by atoms with Crippen LogP contribution in [0.2, 0.25) is 0 Å². The molecule has 15 heavy (non-hydrogen) atoms. The lowest BCUT2D eigenvalue weighted by atomic mass is 10.1. The van der Waals surface area contributed by atoms with Gasteiger partial charge in [-0.1, -0.05) is 12.8 Å². The Balaban J connectivity index is 2.06. The van der Waals surface area contributed by atoms with Crippen molar-refractivity contribution in [2.24, 2.45) is 0 Å². The van der Waals surface area contributed by atoms with E-state index in [1.54, 1.807) is 11.2 Å². The van der Waals surface area contributed by atoms with Crippen LogP contribution < -0.4 is 0 Å². The first-order valence-corrected chi connectivity index (χ1v) is 5.38. The van der Waals surface area contributed by atoms with Crippen LogP contribution in [0.5, 0.6) is 0 Å². The quantitative estimate of drug-likeness (QED) is 0.703. The number of nitrogens with zero attached hydrogens (tertiary/aromatic N) is 3. The Bertz CT molecular complexity index is 365. The van der Waals surface area contributed by atoms with Crippen LogP contribution in [0.1, 0.15) is 18.3 Å². The van der Waals surface area contributed by atoms with Crippen LogP contribution in [-0.2, 0) is 13.0 Å². The molecule has 5 nitrogen and oxygen atoms in total. The molecular weight excluding hydrogens is 212 g/mol. The van der Waals surface area contributed by atoms with E-state index in [0.717, 1.165) is 17.8 Å². The van der Waals surface area contributed by atoms with Gasteiger partial charge in [-0.2, -0.15) is 0 Å². The second-order valence-electron chi connectivity index (χ2n) is 3.50. The average molecular weight is 226 g/mol. The number of carbonyl (C=O) groups excluding carboxylic acids is 1. The molecule has 2 rings (SSSR count). The number of fused-ring (bicyclic) bond motifs is 1. The fourth-order valence-electron chi connectivity index (χ4n) is 1.67. The van der Waals surface area contributed by atoms with Crippen LogP contribution in [0.4, 0.5) is 4.79 Å². The Hall–Kier alpha value is -1.17. The van der Waals surface area contributed by atoms with E-state index in [9.17, 15) is 4.79 Å². The molecule has 82 valence electrons. The average Bonchev–Trinajstić information content (AvgIpc) is 2.73. The molecule has 0 saturated carbocycles. The highest BCUT2D eigenvalue weighted by atomic mass is 32.1. The van der Waals surface area contributed by atoms with Gasteiger partial charge in [0.1, 0.15) is 0 Å². The third kappa shape index (κ3) is 1.94. The second kappa shape index (κ2) is 4.14. The summed E-state index contributed by atoms with van der Waals surface area (Å²) in [6, 6.07) is -0.0407. The maximum Gasteiger partial charge on any atom is 0.330 e. The Labute approximate surface area is 94.0 Å². The standard InChI is InChI=1S/C9H14N4OS/c1-2-13(15)9(14)12-4-3-7-8(5-12)11-6-10-7/h6,15H,2-5H2,1H3,(H,10,11). The molecule has 0 unspecified atom stereocenters. The van der Waals surface area contributed by atoms with E-state index < -0.39 is 0 Å². The normalized spacial score (nSPS) is 14.9. The van der Waals surface area contributed by atoms with E-state index in [4.69, 9.17) is 0 Å². The number of hydrogen-bond acceptors (Lipinski definition) is 3. The zero-order chi connectivity index (χ0) is 10.8. The first-order chi connectivity index (χ1) is 7.22. The molecule has 2 heterocycles. The van der Waals surface area contributed by atoms with Gasteiger partial charge in [-0.3, -0.25) is 4.31 Å². The minimum Gasteiger partial charge on any atom is -0.347 e. The molecular formula is C9H14N4OS. The van der Waals surface area contributed by atoms with Gasteiger partial charge in [-0.25, -0.2) is 9.78 Å². The van der Waals surface area contributed by atoms with Crippen molar-refractivity contribution in [1.29, 1.82) is 0 Å². The fraction of sp³-hybridized carbons (Fsp3) is 0.556. The van der Waals surface area contributed by atoms with E-state index in [1.807, 2.05) is 6.92 Å². The first-order valence-electron chi connectivity index (χ1n) is 4.98. The maximum atomic E-state index is 11.8. The molecule has 2 amide bonds. The zero-order valence-electron chi connectivity index (χ0n) is 8.60. The summed E-state index contributed by atoms with van der Waals surface area (Å²) in [5.41, 5.74) is 2.11. The summed E-state index contributed by atoms with van der Waals surface area (Å²) >= 11 is 4.11. The predicted octanol–water partition coefficient (Wildman–Crippen LogP) is 1.05. The molecule has 0 saturated heterocycles. The van der Waals surface area contributed by atoms with Crippen LogP contribution in [0.25, 0.3) is 0 Å². The largest absolute Gasteiger partial charge is 0.347 e. The zero-order valence-corrected chi connectivity index (χ0v) is 9.50. The van der Waals surface area contributed by atoms with Gasteiger partial charge in [-0.15, -0.1) is 0 Å². The molecule has 0 aliphatic carbocycles. The first kappa shape index (κ1) is 10.4. The minimum absolute atomic E-state index is 0.0407. The molecule has 0 fully saturated rings. The van der Waals surface area contributed by atoms with Gasteiger partial charge >= 0.3 is 6.03 Å². The van der Waals surface area contributed by atoms with Crippen molar-refractivity contribution in [3.05, 3.63) is 17.7 Å². The van der Waals surface area contributed by atoms with Crippen LogP contribution in [0.15, 0.2) is 6.33 Å². The molecule has 0 spiro atoms. The number of aromatic nitrogens is 2. The SMILES string of the molecule is CCN(S)C(=O)N1CCc2nc[nH]c2C1. The number of H-pyrrole nitrogens is 1. The van der Waals surface area contributed by atoms with E-state index in [1.165, 1.54) is 4.31 Å². The van der Waals surface area contributed by atoms with Crippen molar-refractivity contribution < 1.29 is 4.79 Å². The van der Waals surface area contributed by atoms with Gasteiger partial charge in [0.2, 0.25) is 0 Å². The molecule has 1 aliphatic heterocycles. The summed E-state index contributed by atoms with van der Waals surface area (Å²) in [6.45, 7) is 3.82. The van der Waals surface area contributed by atoms with Crippen molar-refractivity contribution in [1.82, 2.24) is 19.2 Å². The fourth-order valence-corrected chi connectivity index (χ4v) is 1.80. The van der Waals surface area contributed by atoms with E-state index in [2.05, 4.69) is 22.8 Å². The Morgan fingerprint density at radius 3 is 3.33 bits per heavy atom. The van der Waals surface area contributed by atoms with Gasteiger partial charge in [-0.05, 0) is 6.92 Å². The monoisotopic (exact) mass is 226 g/mol. The van der Waals surface area contributed by atoms with Crippen LogP contribution in [0.3, 0.4) is 0 Å². The van der Waals surface area contributed by atoms with Crippen LogP contribution in [0, 0.1) is 0 Å². The van der Waals surface area contributed by atoms with Crippen molar-refractivity contribution >= 4 is 18.8 Å². The third-order valence-corrected chi connectivity index (χ3v) is 3.02. The Morgan fingerprint density at radius 2 is 2.60 bits per heavy atom. The lowest BCUT2D eigenvalue weighted by molar-refractivity contribution is 0.176. The molecule has 0 radical (unpaired) electrons. The number of imidazole rings is 1. The number of nitrogens with one attached hydrogen (secondary N) is 1. The molecule has 1 aromatic heterocycles. The van der Waals surface area contributed by atoms with Gasteiger partial charge in [0.15, 0.2) is 0 Å². The Kier molecular flexibility index (Phi) is 2.86. The molecule has 0 atom stereocenters. The number of rotatable bonds is 1. The summed E-state index contributed by atoms with van der Waals surface area (Å²) in [5.74, 6) is 0. The van der Waals surface area contributed by atoms with E-state index in [-0.39, 0.29) is 6.03 Å². The molecule has 6 heteroatoms. The van der Waals surface area contributed by atoms with Gasteiger partial charge in [0.25, 0.3) is 0 Å². The minimum atomic E-state index is -0.0407. The Morgan fingerprint density at radius 1 is 1.80 bits per heavy atom. The van der Waals surface area contributed by atoms with E-state index >= 15 is 0 Å². The number of amides is 2. The third-order valence-electron chi connectivity index (χ3n) is 2.57. The lowest BCUT2D eigenvalue weighted by Gasteiger charge is -2.29. The number of carbonyl (C=O) groups is 1. The van der Waals surface area contributed by atoms with Crippen molar-refractivity contribution in [2.75, 3.05) is 13.1 Å². The van der Waals surface area contributed by atoms with E-state index in [0.29, 0.717) is 19.6 Å². The summed E-state index contributed by atoms with van der Waals surface area (Å²) in [5, 5.41) is 0. The molecule has 0 bridgehead atoms. The number of aromatic amines is 1.